The number of nitrogens with one attached hydrogen (secondary N) is 1. The summed E-state index contributed by atoms with van der Waals surface area (Å²) in [6.07, 6.45) is 0. The van der Waals surface area contributed by atoms with Gasteiger partial charge in [-0.05, 0) is 36.8 Å². The smallest absolute Gasteiger partial charge is 0.227 e. The van der Waals surface area contributed by atoms with Gasteiger partial charge in [-0.3, -0.25) is 4.79 Å². The maximum atomic E-state index is 12.4. The number of aliphatic hydroxyl groups is 3. The van der Waals surface area contributed by atoms with Crippen LogP contribution in [0.15, 0.2) is 54.6 Å². The topological polar surface area (TPSA) is 99.0 Å². The summed E-state index contributed by atoms with van der Waals surface area (Å²) in [6.45, 7) is 0.0225. The first-order valence-corrected chi connectivity index (χ1v) is 8.01. The number of ether oxygens (including phenoxy) is 1. The average molecular weight is 345 g/mol. The molecule has 0 aliphatic heterocycles. The van der Waals surface area contributed by atoms with Crippen molar-refractivity contribution in [2.24, 2.45) is 0 Å². The minimum absolute atomic E-state index is 0.408. The molecule has 0 saturated carbocycles. The maximum Gasteiger partial charge on any atom is 0.227 e. The molecule has 134 valence electrons. The first-order chi connectivity index (χ1) is 12.0. The average Bonchev–Trinajstić information content (AvgIpc) is 2.66. The molecule has 2 rings (SSSR count). The number of aliphatic hydroxyl groups excluding tert-OH is 3. The Labute approximate surface area is 146 Å². The van der Waals surface area contributed by atoms with Crippen LogP contribution in [0, 0.1) is 0 Å². The summed E-state index contributed by atoms with van der Waals surface area (Å²) < 4.78 is 5.76. The van der Waals surface area contributed by atoms with Gasteiger partial charge in [0.15, 0.2) is 0 Å². The first-order valence-electron chi connectivity index (χ1n) is 8.01. The molecule has 1 atom stereocenters. The van der Waals surface area contributed by atoms with Crippen molar-refractivity contribution in [3.05, 3.63) is 60.2 Å². The number of hydrogen-bond donors (Lipinski definition) is 4. The number of carbonyl (C=O) groups excluding carboxylic acids is 1. The van der Waals surface area contributed by atoms with Crippen molar-refractivity contribution in [1.29, 1.82) is 0 Å². The number of para-hydroxylation sites is 1. The summed E-state index contributed by atoms with van der Waals surface area (Å²) in [7, 11) is 0. The fourth-order valence-electron chi connectivity index (χ4n) is 2.26. The highest BCUT2D eigenvalue weighted by Gasteiger charge is 2.31. The van der Waals surface area contributed by atoms with Gasteiger partial charge in [0.1, 0.15) is 17.0 Å². The quantitative estimate of drug-likeness (QED) is 0.580. The monoisotopic (exact) mass is 345 g/mol. The Kier molecular flexibility index (Phi) is 6.52. The van der Waals surface area contributed by atoms with Crippen LogP contribution >= 0.6 is 0 Å². The predicted octanol–water partition coefficient (Wildman–Crippen LogP) is 1.41. The number of carbonyl (C=O) groups is 1. The molecule has 6 heteroatoms. The molecule has 0 aliphatic carbocycles. The van der Waals surface area contributed by atoms with Gasteiger partial charge in [-0.1, -0.05) is 30.3 Å². The third kappa shape index (κ3) is 4.79. The number of rotatable bonds is 8. The van der Waals surface area contributed by atoms with Crippen LogP contribution in [0.1, 0.15) is 18.4 Å². The van der Waals surface area contributed by atoms with E-state index < -0.39 is 37.2 Å². The molecule has 0 aromatic heterocycles. The zero-order chi connectivity index (χ0) is 18.3. The standard InChI is InChI=1S/C19H23NO5/c1-14(18(24)20-19(11-21,12-22)13-23)15-6-5-9-17(10-15)25-16-7-3-2-4-8-16/h2-10,14,21-23H,11-13H2,1H3,(H,20,24). The highest BCUT2D eigenvalue weighted by molar-refractivity contribution is 5.84. The Morgan fingerprint density at radius 2 is 1.60 bits per heavy atom. The van der Waals surface area contributed by atoms with Crippen LogP contribution in [0.3, 0.4) is 0 Å². The molecule has 0 heterocycles. The summed E-state index contributed by atoms with van der Waals surface area (Å²) >= 11 is 0. The van der Waals surface area contributed by atoms with Gasteiger partial charge in [-0.2, -0.15) is 0 Å². The normalized spacial score (nSPS) is 12.5. The molecule has 6 nitrogen and oxygen atoms in total. The molecule has 0 radical (unpaired) electrons. The molecule has 1 amide bonds. The van der Waals surface area contributed by atoms with Gasteiger partial charge in [0, 0.05) is 0 Å². The second kappa shape index (κ2) is 8.62. The molecular weight excluding hydrogens is 322 g/mol. The Morgan fingerprint density at radius 3 is 2.20 bits per heavy atom. The SMILES string of the molecule is CC(C(=O)NC(CO)(CO)CO)c1cccc(Oc2ccccc2)c1. The van der Waals surface area contributed by atoms with Crippen molar-refractivity contribution in [3.8, 4) is 11.5 Å². The van der Waals surface area contributed by atoms with E-state index in [1.807, 2.05) is 30.3 Å². The van der Waals surface area contributed by atoms with E-state index in [1.165, 1.54) is 0 Å². The minimum atomic E-state index is -1.44. The van der Waals surface area contributed by atoms with Gasteiger partial charge >= 0.3 is 0 Å². The lowest BCUT2D eigenvalue weighted by Gasteiger charge is -2.30. The third-order valence-electron chi connectivity index (χ3n) is 4.03. The fraction of sp³-hybridized carbons (Fsp3) is 0.316. The van der Waals surface area contributed by atoms with E-state index in [1.54, 1.807) is 31.2 Å². The van der Waals surface area contributed by atoms with Crippen molar-refractivity contribution >= 4 is 5.91 Å². The Bertz CT molecular complexity index is 677. The summed E-state index contributed by atoms with van der Waals surface area (Å²) in [6, 6.07) is 16.4. The molecule has 25 heavy (non-hydrogen) atoms. The molecule has 0 aliphatic rings. The highest BCUT2D eigenvalue weighted by Crippen LogP contribution is 2.25. The van der Waals surface area contributed by atoms with Gasteiger partial charge in [0.2, 0.25) is 5.91 Å². The van der Waals surface area contributed by atoms with Crippen LogP contribution in [0.5, 0.6) is 11.5 Å². The van der Waals surface area contributed by atoms with Crippen molar-refractivity contribution in [3.63, 3.8) is 0 Å². The molecule has 0 fully saturated rings. The van der Waals surface area contributed by atoms with Crippen LogP contribution in [-0.4, -0.2) is 46.6 Å². The van der Waals surface area contributed by atoms with Crippen LogP contribution in [0.25, 0.3) is 0 Å². The zero-order valence-electron chi connectivity index (χ0n) is 14.1. The van der Waals surface area contributed by atoms with Gasteiger partial charge < -0.3 is 25.4 Å². The Hall–Kier alpha value is -2.41. The van der Waals surface area contributed by atoms with Crippen LogP contribution < -0.4 is 10.1 Å². The molecule has 0 saturated heterocycles. The summed E-state index contributed by atoms with van der Waals surface area (Å²) in [5.41, 5.74) is -0.725. The molecule has 0 spiro atoms. The van der Waals surface area contributed by atoms with Gasteiger partial charge in [-0.25, -0.2) is 0 Å². The zero-order valence-corrected chi connectivity index (χ0v) is 14.1. The van der Waals surface area contributed by atoms with Crippen LogP contribution in [0.2, 0.25) is 0 Å². The Morgan fingerprint density at radius 1 is 1.00 bits per heavy atom. The molecule has 0 bridgehead atoms. The minimum Gasteiger partial charge on any atom is -0.457 e. The summed E-state index contributed by atoms with van der Waals surface area (Å²) in [5, 5.41) is 30.5. The predicted molar refractivity (Wildman–Crippen MR) is 93.5 cm³/mol. The number of amides is 1. The first kappa shape index (κ1) is 18.9. The van der Waals surface area contributed by atoms with Gasteiger partial charge in [0.05, 0.1) is 25.7 Å². The van der Waals surface area contributed by atoms with Gasteiger partial charge in [-0.15, -0.1) is 0 Å². The van der Waals surface area contributed by atoms with E-state index in [0.29, 0.717) is 17.1 Å². The molecular formula is C19H23NO5. The fourth-order valence-corrected chi connectivity index (χ4v) is 2.26. The van der Waals surface area contributed by atoms with Gasteiger partial charge in [0.25, 0.3) is 0 Å². The lowest BCUT2D eigenvalue weighted by atomic mass is 9.97. The number of hydrogen-bond acceptors (Lipinski definition) is 5. The van der Waals surface area contributed by atoms with E-state index >= 15 is 0 Å². The van der Waals surface area contributed by atoms with E-state index in [2.05, 4.69) is 5.32 Å². The lowest BCUT2D eigenvalue weighted by molar-refractivity contribution is -0.126. The molecule has 4 N–H and O–H groups in total. The number of benzene rings is 2. The highest BCUT2D eigenvalue weighted by atomic mass is 16.5. The lowest BCUT2D eigenvalue weighted by Crippen LogP contribution is -2.57. The van der Waals surface area contributed by atoms with Crippen molar-refractivity contribution in [2.45, 2.75) is 18.4 Å². The van der Waals surface area contributed by atoms with Crippen molar-refractivity contribution in [1.82, 2.24) is 5.32 Å². The Balaban J connectivity index is 2.12. The molecule has 1 unspecified atom stereocenters. The second-order valence-corrected chi connectivity index (χ2v) is 5.95. The third-order valence-corrected chi connectivity index (χ3v) is 4.03. The van der Waals surface area contributed by atoms with Crippen LogP contribution in [-0.2, 0) is 4.79 Å². The maximum absolute atomic E-state index is 12.4. The van der Waals surface area contributed by atoms with Crippen molar-refractivity contribution < 1.29 is 24.9 Å². The molecule has 2 aromatic carbocycles. The molecule has 2 aromatic rings. The van der Waals surface area contributed by atoms with Crippen LogP contribution in [0.4, 0.5) is 0 Å². The van der Waals surface area contributed by atoms with E-state index in [4.69, 9.17) is 4.74 Å². The van der Waals surface area contributed by atoms with E-state index in [9.17, 15) is 20.1 Å². The summed E-state index contributed by atoms with van der Waals surface area (Å²) in [4.78, 5) is 12.4. The largest absolute Gasteiger partial charge is 0.457 e. The second-order valence-electron chi connectivity index (χ2n) is 5.95. The van der Waals surface area contributed by atoms with Crippen molar-refractivity contribution in [2.75, 3.05) is 19.8 Å². The van der Waals surface area contributed by atoms with E-state index in [0.717, 1.165) is 0 Å². The summed E-state index contributed by atoms with van der Waals surface area (Å²) in [5.74, 6) is 0.329. The van der Waals surface area contributed by atoms with E-state index in [-0.39, 0.29) is 0 Å².